The van der Waals surface area contributed by atoms with Gasteiger partial charge in [0.05, 0.1) is 22.3 Å². The van der Waals surface area contributed by atoms with Gasteiger partial charge in [0.1, 0.15) is 5.82 Å². The molecule has 1 amide bonds. The van der Waals surface area contributed by atoms with Crippen molar-refractivity contribution >= 4 is 33.4 Å². The van der Waals surface area contributed by atoms with Crippen molar-refractivity contribution in [2.24, 2.45) is 0 Å². The molecule has 2 aromatic rings. The first-order valence-corrected chi connectivity index (χ1v) is 13.7. The van der Waals surface area contributed by atoms with Crippen LogP contribution in [-0.2, 0) is 20.2 Å². The summed E-state index contributed by atoms with van der Waals surface area (Å²) in [6.45, 7) is 11.8. The lowest BCUT2D eigenvalue weighted by molar-refractivity contribution is -0.192. The van der Waals surface area contributed by atoms with Gasteiger partial charge in [-0.2, -0.15) is 13.2 Å². The highest BCUT2D eigenvalue weighted by Gasteiger charge is 2.38. The lowest BCUT2D eigenvalue weighted by atomic mass is 9.87. The van der Waals surface area contributed by atoms with Crippen LogP contribution >= 0.6 is 0 Å². The summed E-state index contributed by atoms with van der Waals surface area (Å²) in [5.74, 6) is -2.45. The van der Waals surface area contributed by atoms with Gasteiger partial charge in [-0.3, -0.25) is 9.52 Å². The van der Waals surface area contributed by atoms with E-state index in [1.807, 2.05) is 24.0 Å². The molecule has 0 radical (unpaired) electrons. The summed E-state index contributed by atoms with van der Waals surface area (Å²) in [5, 5.41) is 13.3. The van der Waals surface area contributed by atoms with Gasteiger partial charge in [0.15, 0.2) is 0 Å². The van der Waals surface area contributed by atoms with Crippen LogP contribution in [0, 0.1) is 0 Å². The Bertz CT molecular complexity index is 1240. The number of rotatable bonds is 7. The number of nitrogens with zero attached hydrogens (tertiary/aromatic N) is 2. The van der Waals surface area contributed by atoms with Gasteiger partial charge in [-0.15, -0.1) is 0 Å². The molecule has 216 valence electrons. The number of halogens is 3. The Hall–Kier alpha value is -3.39. The van der Waals surface area contributed by atoms with Crippen LogP contribution in [-0.4, -0.2) is 69.3 Å². The zero-order chi connectivity index (χ0) is 29.4. The minimum absolute atomic E-state index is 0.0693. The van der Waals surface area contributed by atoms with E-state index in [-0.39, 0.29) is 21.9 Å². The third-order valence-corrected chi connectivity index (χ3v) is 6.99. The summed E-state index contributed by atoms with van der Waals surface area (Å²) >= 11 is 0. The summed E-state index contributed by atoms with van der Waals surface area (Å²) in [4.78, 5) is 28.4. The molecule has 1 aromatic heterocycles. The molecule has 39 heavy (non-hydrogen) atoms. The molecule has 1 fully saturated rings. The molecule has 1 aliphatic heterocycles. The van der Waals surface area contributed by atoms with Crippen molar-refractivity contribution in [2.45, 2.75) is 50.6 Å². The number of benzene rings is 1. The van der Waals surface area contributed by atoms with E-state index >= 15 is 0 Å². The number of anilines is 2. The van der Waals surface area contributed by atoms with Crippen LogP contribution in [0.3, 0.4) is 0 Å². The fraction of sp³-hybridized carbons (Fsp3) is 0.480. The van der Waals surface area contributed by atoms with Gasteiger partial charge in [-0.1, -0.05) is 39.8 Å². The van der Waals surface area contributed by atoms with Gasteiger partial charge in [0, 0.05) is 32.7 Å². The second-order valence-electron chi connectivity index (χ2n) is 9.77. The number of amides is 1. The third-order valence-electron chi connectivity index (χ3n) is 5.59. The molecule has 10 nitrogen and oxygen atoms in total. The number of piperazine rings is 1. The molecule has 1 saturated heterocycles. The molecule has 0 spiro atoms. The first-order chi connectivity index (χ1) is 18.1. The second-order valence-corrected chi connectivity index (χ2v) is 11.5. The van der Waals surface area contributed by atoms with Gasteiger partial charge in [0.25, 0.3) is 15.9 Å². The van der Waals surface area contributed by atoms with Gasteiger partial charge >= 0.3 is 12.1 Å². The summed E-state index contributed by atoms with van der Waals surface area (Å²) in [6.07, 6.45) is -2.81. The monoisotopic (exact) mass is 573 g/mol. The van der Waals surface area contributed by atoms with Gasteiger partial charge in [-0.25, -0.2) is 18.2 Å². The predicted octanol–water partition coefficient (Wildman–Crippen LogP) is 3.36. The topological polar surface area (TPSA) is 141 Å². The van der Waals surface area contributed by atoms with Crippen LogP contribution in [0.1, 0.15) is 50.0 Å². The number of carboxylic acid groups (broad SMARTS) is 1. The Morgan fingerprint density at radius 3 is 2.15 bits per heavy atom. The van der Waals surface area contributed by atoms with Crippen LogP contribution in [0.2, 0.25) is 0 Å². The average molecular weight is 574 g/mol. The molecule has 2 heterocycles. The molecule has 0 saturated carbocycles. The van der Waals surface area contributed by atoms with Crippen molar-refractivity contribution in [1.29, 1.82) is 0 Å². The molecule has 4 N–H and O–H groups in total. The molecule has 1 aromatic carbocycles. The van der Waals surface area contributed by atoms with E-state index in [1.54, 1.807) is 18.2 Å². The van der Waals surface area contributed by atoms with Crippen LogP contribution in [0.5, 0.6) is 0 Å². The minimum atomic E-state index is -5.08. The molecule has 0 bridgehead atoms. The van der Waals surface area contributed by atoms with E-state index in [9.17, 15) is 26.4 Å². The summed E-state index contributed by atoms with van der Waals surface area (Å²) in [7, 11) is -3.82. The fourth-order valence-electron chi connectivity index (χ4n) is 3.49. The summed E-state index contributed by atoms with van der Waals surface area (Å²) < 4.78 is 60.2. The zero-order valence-corrected chi connectivity index (χ0v) is 23.0. The largest absolute Gasteiger partial charge is 0.490 e. The third kappa shape index (κ3) is 9.39. The fourth-order valence-corrected chi connectivity index (χ4v) is 4.53. The highest BCUT2D eigenvalue weighted by Crippen LogP contribution is 2.26. The number of hydrogen-bond donors (Lipinski definition) is 4. The molecule has 0 atom stereocenters. The molecule has 0 aliphatic carbocycles. The van der Waals surface area contributed by atoms with Gasteiger partial charge < -0.3 is 20.6 Å². The Balaban J connectivity index is 0.000000673. The Morgan fingerprint density at radius 2 is 1.67 bits per heavy atom. The van der Waals surface area contributed by atoms with Crippen LogP contribution in [0.25, 0.3) is 0 Å². The standard InChI is InChI=1S/C23H33N5O3S.C2HF3O2/c1-5-10-25-22(29)20-15-18(16-26-21(20)28-13-11-24-12-14-28)27-32(30,31)19-8-6-17(7-9-19)23(2,3)4;3-2(4,5)1(6)7/h6-9,15-16,24,27H,5,10-14H2,1-4H3,(H,25,29);(H,6,7). The normalized spacial score (nSPS) is 14.2. The highest BCUT2D eigenvalue weighted by atomic mass is 32.2. The maximum absolute atomic E-state index is 12.9. The number of aromatic nitrogens is 1. The van der Waals surface area contributed by atoms with E-state index in [4.69, 9.17) is 9.90 Å². The first-order valence-electron chi connectivity index (χ1n) is 12.2. The SMILES string of the molecule is CCCNC(=O)c1cc(NS(=O)(=O)c2ccc(C(C)(C)C)cc2)cnc1N1CCNCC1.O=C(O)C(F)(F)F. The maximum atomic E-state index is 12.9. The van der Waals surface area contributed by atoms with E-state index in [1.165, 1.54) is 6.20 Å². The lowest BCUT2D eigenvalue weighted by Crippen LogP contribution is -2.44. The van der Waals surface area contributed by atoms with Crippen molar-refractivity contribution in [3.05, 3.63) is 47.7 Å². The number of alkyl halides is 3. The van der Waals surface area contributed by atoms with Crippen LogP contribution < -0.4 is 20.3 Å². The number of carbonyl (C=O) groups excluding carboxylic acids is 1. The zero-order valence-electron chi connectivity index (χ0n) is 22.2. The van der Waals surface area contributed by atoms with Crippen molar-refractivity contribution in [1.82, 2.24) is 15.6 Å². The molecular formula is C25H34F3N5O5S. The smallest absolute Gasteiger partial charge is 0.475 e. The molecule has 0 unspecified atom stereocenters. The molecule has 1 aliphatic rings. The van der Waals surface area contributed by atoms with Crippen LogP contribution in [0.4, 0.5) is 24.7 Å². The van der Waals surface area contributed by atoms with Crippen molar-refractivity contribution in [2.75, 3.05) is 42.3 Å². The van der Waals surface area contributed by atoms with Crippen LogP contribution in [0.15, 0.2) is 41.4 Å². The van der Waals surface area contributed by atoms with E-state index in [2.05, 4.69) is 41.1 Å². The molecule has 14 heteroatoms. The number of pyridine rings is 1. The van der Waals surface area contributed by atoms with Crippen molar-refractivity contribution in [3.8, 4) is 0 Å². The quantitative estimate of drug-likeness (QED) is 0.395. The number of carbonyl (C=O) groups is 2. The predicted molar refractivity (Wildman–Crippen MR) is 142 cm³/mol. The summed E-state index contributed by atoms with van der Waals surface area (Å²) in [6, 6.07) is 8.41. The first kappa shape index (κ1) is 31.8. The second kappa shape index (κ2) is 13.1. The van der Waals surface area contributed by atoms with E-state index in [0.717, 1.165) is 38.2 Å². The van der Waals surface area contributed by atoms with Gasteiger partial charge in [-0.05, 0) is 35.6 Å². The lowest BCUT2D eigenvalue weighted by Gasteiger charge is -2.30. The number of sulfonamides is 1. The Labute approximate surface area is 226 Å². The number of nitrogens with one attached hydrogen (secondary N) is 3. The van der Waals surface area contributed by atoms with E-state index in [0.29, 0.717) is 17.9 Å². The molecular weight excluding hydrogens is 539 g/mol. The Morgan fingerprint density at radius 1 is 1.10 bits per heavy atom. The van der Waals surface area contributed by atoms with E-state index < -0.39 is 22.2 Å². The maximum Gasteiger partial charge on any atom is 0.490 e. The average Bonchev–Trinajstić information content (AvgIpc) is 2.87. The minimum Gasteiger partial charge on any atom is -0.475 e. The van der Waals surface area contributed by atoms with Crippen molar-refractivity contribution < 1.29 is 36.3 Å². The number of hydrogen-bond acceptors (Lipinski definition) is 7. The Kier molecular flexibility index (Phi) is 10.7. The molecule has 3 rings (SSSR count). The number of carboxylic acids is 1. The summed E-state index contributed by atoms with van der Waals surface area (Å²) in [5.41, 5.74) is 1.60. The number of aliphatic carboxylic acids is 1. The highest BCUT2D eigenvalue weighted by molar-refractivity contribution is 7.92. The van der Waals surface area contributed by atoms with Gasteiger partial charge in [0.2, 0.25) is 0 Å². The van der Waals surface area contributed by atoms with Crippen molar-refractivity contribution in [3.63, 3.8) is 0 Å².